The van der Waals surface area contributed by atoms with Gasteiger partial charge in [-0.15, -0.1) is 23.1 Å². The lowest BCUT2D eigenvalue weighted by Crippen LogP contribution is -1.97. The maximum Gasteiger partial charge on any atom is 0.113 e. The molecule has 2 aromatic rings. The Morgan fingerprint density at radius 3 is 2.69 bits per heavy atom. The van der Waals surface area contributed by atoms with Gasteiger partial charge in [0.2, 0.25) is 0 Å². The number of aliphatic hydroxyl groups is 1. The molecule has 0 bridgehead atoms. The van der Waals surface area contributed by atoms with E-state index in [0.29, 0.717) is 0 Å². The van der Waals surface area contributed by atoms with E-state index < -0.39 is 6.10 Å². The Bertz CT molecular complexity index is 463. The molecular formula is C13H14OS2. The molecule has 0 saturated heterocycles. The molecule has 84 valence electrons. The quantitative estimate of drug-likeness (QED) is 0.835. The number of benzene rings is 1. The Balaban J connectivity index is 2.31. The maximum absolute atomic E-state index is 10.2. The Hall–Kier alpha value is -0.770. The van der Waals surface area contributed by atoms with E-state index >= 15 is 0 Å². The Morgan fingerprint density at radius 1 is 1.31 bits per heavy atom. The zero-order valence-electron chi connectivity index (χ0n) is 9.31. The van der Waals surface area contributed by atoms with E-state index in [-0.39, 0.29) is 0 Å². The summed E-state index contributed by atoms with van der Waals surface area (Å²) in [6, 6.07) is 10.1. The number of rotatable bonds is 3. The van der Waals surface area contributed by atoms with Gasteiger partial charge < -0.3 is 5.11 Å². The maximum atomic E-state index is 10.2. The van der Waals surface area contributed by atoms with Crippen LogP contribution < -0.4 is 0 Å². The van der Waals surface area contributed by atoms with E-state index in [1.54, 1.807) is 23.1 Å². The minimum Gasteiger partial charge on any atom is -0.383 e. The molecule has 0 spiro atoms. The van der Waals surface area contributed by atoms with Crippen molar-refractivity contribution in [2.75, 3.05) is 6.26 Å². The highest BCUT2D eigenvalue weighted by Gasteiger charge is 2.12. The summed E-state index contributed by atoms with van der Waals surface area (Å²) in [6.45, 7) is 2.08. The number of thioether (sulfide) groups is 1. The fourth-order valence-corrected chi connectivity index (χ4v) is 3.00. The van der Waals surface area contributed by atoms with Gasteiger partial charge >= 0.3 is 0 Å². The van der Waals surface area contributed by atoms with Crippen LogP contribution in [0.15, 0.2) is 40.6 Å². The lowest BCUT2D eigenvalue weighted by atomic mass is 10.1. The first-order valence-electron chi connectivity index (χ1n) is 5.08. The number of hydrogen-bond donors (Lipinski definition) is 1. The van der Waals surface area contributed by atoms with Crippen LogP contribution in [0.3, 0.4) is 0 Å². The van der Waals surface area contributed by atoms with Gasteiger partial charge in [-0.1, -0.05) is 18.2 Å². The van der Waals surface area contributed by atoms with Gasteiger partial charge in [0, 0.05) is 9.77 Å². The van der Waals surface area contributed by atoms with E-state index in [9.17, 15) is 5.11 Å². The van der Waals surface area contributed by atoms with Crippen LogP contribution in [0.1, 0.15) is 22.1 Å². The molecule has 0 aliphatic heterocycles. The predicted octanol–water partition coefficient (Wildman–Crippen LogP) is 3.86. The van der Waals surface area contributed by atoms with Crippen LogP contribution in [0.25, 0.3) is 0 Å². The smallest absolute Gasteiger partial charge is 0.113 e. The van der Waals surface area contributed by atoms with Crippen molar-refractivity contribution in [1.29, 1.82) is 0 Å². The molecule has 0 fully saturated rings. The van der Waals surface area contributed by atoms with Crippen molar-refractivity contribution < 1.29 is 5.11 Å². The van der Waals surface area contributed by atoms with Crippen molar-refractivity contribution in [2.45, 2.75) is 17.9 Å². The van der Waals surface area contributed by atoms with Gasteiger partial charge in [0.05, 0.1) is 0 Å². The minimum atomic E-state index is -0.491. The molecule has 1 aromatic carbocycles. The molecule has 0 radical (unpaired) electrons. The standard InChI is InChI=1S/C13H14OS2/c1-9-8-10(5-6-11(9)15-2)13(14)12-4-3-7-16-12/h3-8,13-14H,1-2H3. The number of thiophene rings is 1. The van der Waals surface area contributed by atoms with Crippen molar-refractivity contribution in [3.63, 3.8) is 0 Å². The molecule has 1 atom stereocenters. The molecule has 0 aliphatic carbocycles. The molecule has 1 heterocycles. The third-order valence-electron chi connectivity index (χ3n) is 2.55. The van der Waals surface area contributed by atoms with Crippen LogP contribution in [0.2, 0.25) is 0 Å². The zero-order valence-corrected chi connectivity index (χ0v) is 10.9. The molecular weight excluding hydrogens is 236 g/mol. The summed E-state index contributed by atoms with van der Waals surface area (Å²) in [4.78, 5) is 2.26. The van der Waals surface area contributed by atoms with E-state index in [1.165, 1.54) is 10.5 Å². The van der Waals surface area contributed by atoms with Gasteiger partial charge in [0.25, 0.3) is 0 Å². The first kappa shape index (κ1) is 11.7. The number of hydrogen-bond acceptors (Lipinski definition) is 3. The first-order valence-corrected chi connectivity index (χ1v) is 7.19. The molecule has 1 nitrogen and oxygen atoms in total. The SMILES string of the molecule is CSc1ccc(C(O)c2cccs2)cc1C. The number of aryl methyl sites for hydroxylation is 1. The minimum absolute atomic E-state index is 0.491. The lowest BCUT2D eigenvalue weighted by molar-refractivity contribution is 0.224. The first-order chi connectivity index (χ1) is 7.72. The van der Waals surface area contributed by atoms with Crippen LogP contribution in [0, 0.1) is 6.92 Å². The second-order valence-electron chi connectivity index (χ2n) is 3.65. The summed E-state index contributed by atoms with van der Waals surface area (Å²) in [5.41, 5.74) is 2.19. The summed E-state index contributed by atoms with van der Waals surface area (Å²) in [5.74, 6) is 0. The van der Waals surface area contributed by atoms with E-state index in [0.717, 1.165) is 10.4 Å². The topological polar surface area (TPSA) is 20.2 Å². The van der Waals surface area contributed by atoms with Crippen LogP contribution in [-0.4, -0.2) is 11.4 Å². The van der Waals surface area contributed by atoms with Crippen LogP contribution in [0.5, 0.6) is 0 Å². The van der Waals surface area contributed by atoms with E-state index in [2.05, 4.69) is 25.3 Å². The second-order valence-corrected chi connectivity index (χ2v) is 5.47. The summed E-state index contributed by atoms with van der Waals surface area (Å²) >= 11 is 3.32. The third kappa shape index (κ3) is 2.32. The molecule has 2 rings (SSSR count). The van der Waals surface area contributed by atoms with Crippen molar-refractivity contribution in [1.82, 2.24) is 0 Å². The summed E-state index contributed by atoms with van der Waals surface area (Å²) in [5, 5.41) is 12.2. The average Bonchev–Trinajstić information content (AvgIpc) is 2.81. The molecule has 1 N–H and O–H groups in total. The van der Waals surface area contributed by atoms with Crippen LogP contribution in [-0.2, 0) is 0 Å². The Morgan fingerprint density at radius 2 is 2.12 bits per heavy atom. The normalized spacial score (nSPS) is 12.7. The molecule has 16 heavy (non-hydrogen) atoms. The molecule has 0 amide bonds. The van der Waals surface area contributed by atoms with Gasteiger partial charge in [-0.25, -0.2) is 0 Å². The van der Waals surface area contributed by atoms with Gasteiger partial charge in [-0.05, 0) is 41.8 Å². The van der Waals surface area contributed by atoms with Gasteiger partial charge in [0.15, 0.2) is 0 Å². The summed E-state index contributed by atoms with van der Waals surface area (Å²) in [6.07, 6.45) is 1.58. The molecule has 3 heteroatoms. The van der Waals surface area contributed by atoms with Crippen LogP contribution in [0.4, 0.5) is 0 Å². The molecule has 0 aliphatic rings. The van der Waals surface area contributed by atoms with Crippen molar-refractivity contribution in [3.05, 3.63) is 51.7 Å². The van der Waals surface area contributed by atoms with Crippen molar-refractivity contribution >= 4 is 23.1 Å². The second kappa shape index (κ2) is 5.04. The largest absolute Gasteiger partial charge is 0.383 e. The molecule has 0 saturated carbocycles. The lowest BCUT2D eigenvalue weighted by Gasteiger charge is -2.11. The van der Waals surface area contributed by atoms with Crippen LogP contribution >= 0.6 is 23.1 Å². The highest BCUT2D eigenvalue weighted by atomic mass is 32.2. The molecule has 1 aromatic heterocycles. The summed E-state index contributed by atoms with van der Waals surface area (Å²) < 4.78 is 0. The predicted molar refractivity (Wildman–Crippen MR) is 71.3 cm³/mol. The monoisotopic (exact) mass is 250 g/mol. The average molecular weight is 250 g/mol. The number of aliphatic hydroxyl groups excluding tert-OH is 1. The fraction of sp³-hybridized carbons (Fsp3) is 0.231. The van der Waals surface area contributed by atoms with Gasteiger partial charge in [-0.3, -0.25) is 0 Å². The Labute approximate surface area is 104 Å². The van der Waals surface area contributed by atoms with Gasteiger partial charge in [0.1, 0.15) is 6.10 Å². The highest BCUT2D eigenvalue weighted by molar-refractivity contribution is 7.98. The Kier molecular flexibility index (Phi) is 3.69. The zero-order chi connectivity index (χ0) is 11.5. The van der Waals surface area contributed by atoms with Crippen molar-refractivity contribution in [2.24, 2.45) is 0 Å². The van der Waals surface area contributed by atoms with E-state index in [1.807, 2.05) is 23.6 Å². The van der Waals surface area contributed by atoms with E-state index in [4.69, 9.17) is 0 Å². The fourth-order valence-electron chi connectivity index (χ4n) is 1.68. The third-order valence-corrected chi connectivity index (χ3v) is 4.37. The molecule has 1 unspecified atom stereocenters. The summed E-state index contributed by atoms with van der Waals surface area (Å²) in [7, 11) is 0. The van der Waals surface area contributed by atoms with Crippen molar-refractivity contribution in [3.8, 4) is 0 Å². The van der Waals surface area contributed by atoms with Gasteiger partial charge in [-0.2, -0.15) is 0 Å². The highest BCUT2D eigenvalue weighted by Crippen LogP contribution is 2.29.